The highest BCUT2D eigenvalue weighted by Crippen LogP contribution is 2.23. The molecule has 0 unspecified atom stereocenters. The normalized spacial score (nSPS) is 17.0. The second-order valence-corrected chi connectivity index (χ2v) is 4.39. The Kier molecular flexibility index (Phi) is 3.66. The molecule has 1 fully saturated rings. The summed E-state index contributed by atoms with van der Waals surface area (Å²) in [6.07, 6.45) is 9.28. The van der Waals surface area contributed by atoms with Crippen LogP contribution in [0, 0.1) is 0 Å². The summed E-state index contributed by atoms with van der Waals surface area (Å²) in [7, 11) is 0. The lowest BCUT2D eigenvalue weighted by Crippen LogP contribution is -2.23. The van der Waals surface area contributed by atoms with Crippen LogP contribution in [0.2, 0.25) is 0 Å². The highest BCUT2D eigenvalue weighted by Gasteiger charge is 2.18. The van der Waals surface area contributed by atoms with Gasteiger partial charge in [0.2, 0.25) is 5.88 Å². The van der Waals surface area contributed by atoms with Crippen molar-refractivity contribution in [3.05, 3.63) is 18.1 Å². The van der Waals surface area contributed by atoms with Gasteiger partial charge in [-0.15, -0.1) is 0 Å². The highest BCUT2D eigenvalue weighted by molar-refractivity contribution is 7.80. The van der Waals surface area contributed by atoms with Crippen LogP contribution in [-0.4, -0.2) is 21.1 Å². The molecule has 0 aromatic carbocycles. The van der Waals surface area contributed by atoms with E-state index in [9.17, 15) is 0 Å². The molecule has 2 N–H and O–H groups in total. The maximum atomic E-state index is 5.81. The molecular formula is C11H15N3OS. The van der Waals surface area contributed by atoms with E-state index < -0.39 is 0 Å². The van der Waals surface area contributed by atoms with Crippen LogP contribution in [0.1, 0.15) is 37.8 Å². The van der Waals surface area contributed by atoms with Gasteiger partial charge in [-0.3, -0.25) is 0 Å². The van der Waals surface area contributed by atoms with Crippen molar-refractivity contribution < 1.29 is 4.74 Å². The first-order valence-electron chi connectivity index (χ1n) is 5.55. The maximum absolute atomic E-state index is 5.81. The lowest BCUT2D eigenvalue weighted by molar-refractivity contribution is 0.147. The minimum Gasteiger partial charge on any atom is -0.473 e. The molecule has 1 aromatic rings. The van der Waals surface area contributed by atoms with Crippen LogP contribution in [0.15, 0.2) is 12.4 Å². The molecule has 16 heavy (non-hydrogen) atoms. The molecule has 0 amide bonds. The molecule has 1 heterocycles. The van der Waals surface area contributed by atoms with Gasteiger partial charge >= 0.3 is 0 Å². The molecule has 4 nitrogen and oxygen atoms in total. The van der Waals surface area contributed by atoms with Crippen LogP contribution >= 0.6 is 12.2 Å². The van der Waals surface area contributed by atoms with Crippen molar-refractivity contribution in [3.8, 4) is 5.88 Å². The van der Waals surface area contributed by atoms with Crippen molar-refractivity contribution in [2.45, 2.75) is 38.2 Å². The van der Waals surface area contributed by atoms with E-state index in [2.05, 4.69) is 9.97 Å². The Morgan fingerprint density at radius 3 is 2.62 bits per heavy atom. The number of ether oxygens (including phenoxy) is 1. The number of nitrogens with zero attached hydrogens (tertiary/aromatic N) is 2. The number of thiocarbonyl (C=S) groups is 1. The van der Waals surface area contributed by atoms with Crippen LogP contribution in [0.25, 0.3) is 0 Å². The molecule has 1 aliphatic rings. The summed E-state index contributed by atoms with van der Waals surface area (Å²) >= 11 is 4.91. The average Bonchev–Trinajstić information content (AvgIpc) is 2.31. The Morgan fingerprint density at radius 1 is 1.25 bits per heavy atom. The van der Waals surface area contributed by atoms with E-state index in [0.717, 1.165) is 12.8 Å². The zero-order valence-electron chi connectivity index (χ0n) is 9.06. The number of hydrogen-bond donors (Lipinski definition) is 1. The second-order valence-electron chi connectivity index (χ2n) is 3.95. The predicted octanol–water partition coefficient (Wildman–Crippen LogP) is 1.82. The molecule has 0 saturated heterocycles. The van der Waals surface area contributed by atoms with Crippen molar-refractivity contribution in [1.82, 2.24) is 9.97 Å². The molecule has 1 saturated carbocycles. The van der Waals surface area contributed by atoms with E-state index in [4.69, 9.17) is 22.7 Å². The molecule has 5 heteroatoms. The molecule has 0 radical (unpaired) electrons. The van der Waals surface area contributed by atoms with Crippen LogP contribution < -0.4 is 10.5 Å². The van der Waals surface area contributed by atoms with Crippen molar-refractivity contribution >= 4 is 17.2 Å². The van der Waals surface area contributed by atoms with Crippen LogP contribution in [-0.2, 0) is 0 Å². The SMILES string of the molecule is NC(=S)c1nccnc1OC1CCCCC1. The van der Waals surface area contributed by atoms with Gasteiger partial charge in [0.05, 0.1) is 0 Å². The summed E-state index contributed by atoms with van der Waals surface area (Å²) < 4.78 is 5.81. The fraction of sp³-hybridized carbons (Fsp3) is 0.545. The monoisotopic (exact) mass is 237 g/mol. The summed E-state index contributed by atoms with van der Waals surface area (Å²) in [5.74, 6) is 0.474. The molecule has 2 rings (SSSR count). The van der Waals surface area contributed by atoms with Gasteiger partial charge in [0.1, 0.15) is 11.1 Å². The van der Waals surface area contributed by atoms with E-state index in [1.807, 2.05) is 0 Å². The fourth-order valence-electron chi connectivity index (χ4n) is 1.92. The van der Waals surface area contributed by atoms with Crippen LogP contribution in [0.3, 0.4) is 0 Å². The lowest BCUT2D eigenvalue weighted by Gasteiger charge is -2.22. The Bertz CT molecular complexity index is 377. The Hall–Kier alpha value is -1.23. The van der Waals surface area contributed by atoms with Gasteiger partial charge in [-0.2, -0.15) is 0 Å². The first-order chi connectivity index (χ1) is 7.77. The minimum absolute atomic E-state index is 0.235. The molecule has 0 aliphatic heterocycles. The fourth-order valence-corrected chi connectivity index (χ4v) is 2.06. The van der Waals surface area contributed by atoms with Crippen molar-refractivity contribution in [1.29, 1.82) is 0 Å². The minimum atomic E-state index is 0.235. The summed E-state index contributed by atoms with van der Waals surface area (Å²) in [6.45, 7) is 0. The predicted molar refractivity (Wildman–Crippen MR) is 65.4 cm³/mol. The van der Waals surface area contributed by atoms with E-state index in [1.54, 1.807) is 12.4 Å². The second kappa shape index (κ2) is 5.21. The van der Waals surface area contributed by atoms with Gasteiger partial charge in [0.15, 0.2) is 5.69 Å². The average molecular weight is 237 g/mol. The largest absolute Gasteiger partial charge is 0.473 e. The van der Waals surface area contributed by atoms with Gasteiger partial charge in [-0.1, -0.05) is 18.6 Å². The Balaban J connectivity index is 2.10. The zero-order valence-corrected chi connectivity index (χ0v) is 9.87. The zero-order chi connectivity index (χ0) is 11.4. The van der Waals surface area contributed by atoms with E-state index in [-0.39, 0.29) is 11.1 Å². The number of rotatable bonds is 3. The van der Waals surface area contributed by atoms with Gasteiger partial charge in [-0.25, -0.2) is 9.97 Å². The molecular weight excluding hydrogens is 222 g/mol. The van der Waals surface area contributed by atoms with E-state index >= 15 is 0 Å². The summed E-state index contributed by atoms with van der Waals surface area (Å²) in [4.78, 5) is 8.47. The molecule has 0 atom stereocenters. The third-order valence-corrected chi connectivity index (χ3v) is 2.92. The summed E-state index contributed by atoms with van der Waals surface area (Å²) in [6, 6.07) is 0. The third-order valence-electron chi connectivity index (χ3n) is 2.73. The standard InChI is InChI=1S/C11H15N3OS/c12-10(16)9-11(14-7-6-13-9)15-8-4-2-1-3-5-8/h6-8H,1-5H2,(H2,12,16). The quantitative estimate of drug-likeness (QED) is 0.813. The first kappa shape index (κ1) is 11.3. The maximum Gasteiger partial charge on any atom is 0.243 e. The van der Waals surface area contributed by atoms with E-state index in [0.29, 0.717) is 11.6 Å². The molecule has 0 bridgehead atoms. The van der Waals surface area contributed by atoms with Gasteiger partial charge < -0.3 is 10.5 Å². The van der Waals surface area contributed by atoms with E-state index in [1.165, 1.54) is 19.3 Å². The molecule has 1 aliphatic carbocycles. The topological polar surface area (TPSA) is 61.0 Å². The molecule has 86 valence electrons. The smallest absolute Gasteiger partial charge is 0.243 e. The molecule has 1 aromatic heterocycles. The first-order valence-corrected chi connectivity index (χ1v) is 5.95. The summed E-state index contributed by atoms with van der Waals surface area (Å²) in [5, 5.41) is 0. The van der Waals surface area contributed by atoms with Crippen molar-refractivity contribution in [2.75, 3.05) is 0 Å². The Labute approximate surface area is 100 Å². The van der Waals surface area contributed by atoms with Gasteiger partial charge in [0, 0.05) is 12.4 Å². The van der Waals surface area contributed by atoms with Gasteiger partial charge in [0.25, 0.3) is 0 Å². The van der Waals surface area contributed by atoms with Crippen molar-refractivity contribution in [3.63, 3.8) is 0 Å². The summed E-state index contributed by atoms with van der Waals surface area (Å²) in [5.41, 5.74) is 6.06. The van der Waals surface area contributed by atoms with Gasteiger partial charge in [-0.05, 0) is 25.7 Å². The van der Waals surface area contributed by atoms with Crippen LogP contribution in [0.5, 0.6) is 5.88 Å². The third kappa shape index (κ3) is 2.66. The van der Waals surface area contributed by atoms with Crippen LogP contribution in [0.4, 0.5) is 0 Å². The number of aromatic nitrogens is 2. The molecule has 0 spiro atoms. The lowest BCUT2D eigenvalue weighted by atomic mass is 9.98. The highest BCUT2D eigenvalue weighted by atomic mass is 32.1. The number of nitrogens with two attached hydrogens (primary N) is 1. The van der Waals surface area contributed by atoms with Crippen molar-refractivity contribution in [2.24, 2.45) is 5.73 Å². The number of hydrogen-bond acceptors (Lipinski definition) is 4. The Morgan fingerprint density at radius 2 is 1.94 bits per heavy atom.